The van der Waals surface area contributed by atoms with Crippen molar-refractivity contribution in [2.75, 3.05) is 5.43 Å². The number of hydrazine groups is 1. The van der Waals surface area contributed by atoms with Gasteiger partial charge < -0.3 is 4.57 Å². The minimum absolute atomic E-state index is 0.649. The fraction of sp³-hybridized carbons (Fsp3) is 0.0714. The summed E-state index contributed by atoms with van der Waals surface area (Å²) in [4.78, 5) is 4.45. The number of aromatic nitrogens is 2. The molecule has 0 unspecified atom stereocenters. The highest BCUT2D eigenvalue weighted by Gasteiger charge is 2.09. The first kappa shape index (κ1) is 12.0. The zero-order valence-electron chi connectivity index (χ0n) is 10.2. The number of hydrogen-bond donors (Lipinski definition) is 2. The van der Waals surface area contributed by atoms with Gasteiger partial charge in [0.05, 0.1) is 17.6 Å². The molecule has 4 nitrogen and oxygen atoms in total. The topological polar surface area (TPSA) is 55.9 Å². The number of benzene rings is 2. The number of fused-ring (bicyclic) bond motifs is 1. The van der Waals surface area contributed by atoms with Crippen molar-refractivity contribution >= 4 is 28.6 Å². The molecule has 0 fully saturated rings. The molecule has 2 aromatic carbocycles. The Bertz CT molecular complexity index is 703. The fourth-order valence-electron chi connectivity index (χ4n) is 2.12. The maximum Gasteiger partial charge on any atom is 0.218 e. The number of para-hydroxylation sites is 2. The first-order chi connectivity index (χ1) is 9.28. The molecule has 5 heteroatoms. The predicted octanol–water partition coefficient (Wildman–Crippen LogP) is 3.02. The van der Waals surface area contributed by atoms with Crippen LogP contribution >= 0.6 is 11.6 Å². The van der Waals surface area contributed by atoms with Gasteiger partial charge >= 0.3 is 0 Å². The van der Waals surface area contributed by atoms with Gasteiger partial charge in [-0.3, -0.25) is 5.43 Å². The molecule has 1 heterocycles. The lowest BCUT2D eigenvalue weighted by atomic mass is 10.2. The van der Waals surface area contributed by atoms with Crippen molar-refractivity contribution in [2.45, 2.75) is 6.54 Å². The Morgan fingerprint density at radius 1 is 1.11 bits per heavy atom. The standard InChI is InChI=1S/C14H13ClN4/c15-11-7-5-10(6-8-11)9-19-13-4-2-1-3-12(13)17-14(19)18-16/h1-8H,9,16H2,(H,17,18). The number of hydrogen-bond acceptors (Lipinski definition) is 3. The molecule has 0 aliphatic rings. The van der Waals surface area contributed by atoms with E-state index >= 15 is 0 Å². The van der Waals surface area contributed by atoms with E-state index in [0.29, 0.717) is 12.5 Å². The molecule has 3 N–H and O–H groups in total. The minimum Gasteiger partial charge on any atom is -0.305 e. The Kier molecular flexibility index (Phi) is 3.11. The average molecular weight is 273 g/mol. The quantitative estimate of drug-likeness (QED) is 0.569. The summed E-state index contributed by atoms with van der Waals surface area (Å²) in [7, 11) is 0. The number of nitrogens with two attached hydrogens (primary N) is 1. The summed E-state index contributed by atoms with van der Waals surface area (Å²) in [5, 5.41) is 0.733. The van der Waals surface area contributed by atoms with Crippen molar-refractivity contribution in [3.63, 3.8) is 0 Å². The number of nitrogen functional groups attached to an aromatic ring is 1. The molecule has 0 spiro atoms. The molecular formula is C14H13ClN4. The predicted molar refractivity (Wildman–Crippen MR) is 78.1 cm³/mol. The van der Waals surface area contributed by atoms with E-state index in [2.05, 4.69) is 10.4 Å². The van der Waals surface area contributed by atoms with Gasteiger partial charge in [-0.1, -0.05) is 35.9 Å². The van der Waals surface area contributed by atoms with Crippen molar-refractivity contribution in [3.8, 4) is 0 Å². The van der Waals surface area contributed by atoms with E-state index in [-0.39, 0.29) is 0 Å². The van der Waals surface area contributed by atoms with Crippen molar-refractivity contribution < 1.29 is 0 Å². The number of nitrogens with one attached hydrogen (secondary N) is 1. The molecule has 96 valence electrons. The molecule has 0 amide bonds. The van der Waals surface area contributed by atoms with Crippen LogP contribution in [0, 0.1) is 0 Å². The summed E-state index contributed by atoms with van der Waals surface area (Å²) in [6, 6.07) is 15.7. The van der Waals surface area contributed by atoms with Crippen LogP contribution in [0.2, 0.25) is 5.02 Å². The Morgan fingerprint density at radius 3 is 2.58 bits per heavy atom. The number of imidazole rings is 1. The van der Waals surface area contributed by atoms with Gasteiger partial charge in [-0.25, -0.2) is 10.8 Å². The van der Waals surface area contributed by atoms with Crippen LogP contribution < -0.4 is 11.3 Å². The van der Waals surface area contributed by atoms with E-state index < -0.39 is 0 Å². The molecular weight excluding hydrogens is 260 g/mol. The fourth-order valence-corrected chi connectivity index (χ4v) is 2.24. The van der Waals surface area contributed by atoms with Crippen molar-refractivity contribution in [1.82, 2.24) is 9.55 Å². The molecule has 0 aliphatic heterocycles. The largest absolute Gasteiger partial charge is 0.305 e. The van der Waals surface area contributed by atoms with Crippen molar-refractivity contribution in [3.05, 3.63) is 59.1 Å². The van der Waals surface area contributed by atoms with Crippen LogP contribution in [0.15, 0.2) is 48.5 Å². The van der Waals surface area contributed by atoms with Crippen LogP contribution in [-0.4, -0.2) is 9.55 Å². The molecule has 19 heavy (non-hydrogen) atoms. The Labute approximate surface area is 115 Å². The molecule has 0 atom stereocenters. The summed E-state index contributed by atoms with van der Waals surface area (Å²) in [6.45, 7) is 0.692. The second-order valence-corrected chi connectivity index (χ2v) is 4.72. The average Bonchev–Trinajstić information content (AvgIpc) is 2.79. The molecule has 0 saturated heterocycles. The van der Waals surface area contributed by atoms with Crippen LogP contribution in [0.25, 0.3) is 11.0 Å². The molecule has 0 saturated carbocycles. The first-order valence-corrected chi connectivity index (χ1v) is 6.32. The first-order valence-electron chi connectivity index (χ1n) is 5.94. The molecule has 0 radical (unpaired) electrons. The summed E-state index contributed by atoms with van der Waals surface area (Å²) in [6.07, 6.45) is 0. The SMILES string of the molecule is NNc1nc2ccccc2n1Cc1ccc(Cl)cc1. The monoisotopic (exact) mass is 272 g/mol. The third kappa shape index (κ3) is 2.28. The van der Waals surface area contributed by atoms with E-state index in [4.69, 9.17) is 17.4 Å². The third-order valence-corrected chi connectivity index (χ3v) is 3.29. The lowest BCUT2D eigenvalue weighted by Crippen LogP contribution is -2.13. The van der Waals surface area contributed by atoms with Crippen LogP contribution in [0.3, 0.4) is 0 Å². The van der Waals surface area contributed by atoms with Gasteiger partial charge in [0, 0.05) is 5.02 Å². The zero-order chi connectivity index (χ0) is 13.2. The highest BCUT2D eigenvalue weighted by atomic mass is 35.5. The van der Waals surface area contributed by atoms with E-state index in [1.165, 1.54) is 0 Å². The van der Waals surface area contributed by atoms with E-state index in [9.17, 15) is 0 Å². The summed E-state index contributed by atoms with van der Waals surface area (Å²) < 4.78 is 2.04. The maximum atomic E-state index is 5.90. The lowest BCUT2D eigenvalue weighted by molar-refractivity contribution is 0.827. The van der Waals surface area contributed by atoms with Gasteiger partial charge in [-0.2, -0.15) is 0 Å². The third-order valence-electron chi connectivity index (χ3n) is 3.04. The molecule has 0 bridgehead atoms. The second kappa shape index (κ2) is 4.91. The van der Waals surface area contributed by atoms with Crippen molar-refractivity contribution in [2.24, 2.45) is 5.84 Å². The zero-order valence-corrected chi connectivity index (χ0v) is 10.9. The minimum atomic E-state index is 0.649. The second-order valence-electron chi connectivity index (χ2n) is 4.28. The van der Waals surface area contributed by atoms with Crippen molar-refractivity contribution in [1.29, 1.82) is 0 Å². The van der Waals surface area contributed by atoms with E-state index in [1.807, 2.05) is 53.1 Å². The van der Waals surface area contributed by atoms with Gasteiger partial charge in [0.2, 0.25) is 5.95 Å². The van der Waals surface area contributed by atoms with Crippen LogP contribution in [0.1, 0.15) is 5.56 Å². The van der Waals surface area contributed by atoms with Crippen LogP contribution in [0.5, 0.6) is 0 Å². The molecule has 1 aromatic heterocycles. The Balaban J connectivity index is 2.06. The number of anilines is 1. The van der Waals surface area contributed by atoms with Gasteiger partial charge in [-0.15, -0.1) is 0 Å². The molecule has 0 aliphatic carbocycles. The van der Waals surface area contributed by atoms with Gasteiger partial charge in [-0.05, 0) is 29.8 Å². The lowest BCUT2D eigenvalue weighted by Gasteiger charge is -2.08. The Morgan fingerprint density at radius 2 is 1.84 bits per heavy atom. The highest BCUT2D eigenvalue weighted by molar-refractivity contribution is 6.30. The van der Waals surface area contributed by atoms with E-state index in [1.54, 1.807) is 0 Å². The number of halogens is 1. The van der Waals surface area contributed by atoms with Gasteiger partial charge in [0.25, 0.3) is 0 Å². The van der Waals surface area contributed by atoms with Crippen LogP contribution in [0.4, 0.5) is 5.95 Å². The van der Waals surface area contributed by atoms with Crippen LogP contribution in [-0.2, 0) is 6.54 Å². The summed E-state index contributed by atoms with van der Waals surface area (Å²) in [5.41, 5.74) is 5.75. The highest BCUT2D eigenvalue weighted by Crippen LogP contribution is 2.21. The maximum absolute atomic E-state index is 5.90. The number of nitrogens with zero attached hydrogens (tertiary/aromatic N) is 2. The Hall–Kier alpha value is -2.04. The molecule has 3 rings (SSSR count). The van der Waals surface area contributed by atoms with Gasteiger partial charge in [0.15, 0.2) is 0 Å². The van der Waals surface area contributed by atoms with E-state index in [0.717, 1.165) is 21.6 Å². The normalized spacial score (nSPS) is 10.8. The molecule has 3 aromatic rings. The smallest absolute Gasteiger partial charge is 0.218 e. The summed E-state index contributed by atoms with van der Waals surface area (Å²) in [5.74, 6) is 6.19. The van der Waals surface area contributed by atoms with Gasteiger partial charge in [0.1, 0.15) is 0 Å². The number of rotatable bonds is 3. The summed E-state index contributed by atoms with van der Waals surface area (Å²) >= 11 is 5.90.